The van der Waals surface area contributed by atoms with Crippen molar-refractivity contribution in [1.29, 1.82) is 0 Å². The molecule has 0 amide bonds. The standard InChI is InChI=1S/C9H11Br.C2H6O/c1-6-4-5-7(2)9(10)8(6)3;1-3-2/h4-5H,1-3H3;1-2H3. The van der Waals surface area contributed by atoms with Gasteiger partial charge in [-0.3, -0.25) is 0 Å². The molecule has 13 heavy (non-hydrogen) atoms. The Morgan fingerprint density at radius 3 is 1.77 bits per heavy atom. The Morgan fingerprint density at radius 1 is 1.00 bits per heavy atom. The van der Waals surface area contributed by atoms with Gasteiger partial charge in [-0.05, 0) is 37.5 Å². The molecule has 74 valence electrons. The van der Waals surface area contributed by atoms with Crippen molar-refractivity contribution in [2.24, 2.45) is 0 Å². The molecule has 2 heteroatoms. The first-order valence-electron chi connectivity index (χ1n) is 4.17. The number of hydrogen-bond acceptors (Lipinski definition) is 1. The second kappa shape index (κ2) is 6.17. The van der Waals surface area contributed by atoms with Crippen LogP contribution in [0.2, 0.25) is 0 Å². The molecule has 0 radical (unpaired) electrons. The van der Waals surface area contributed by atoms with Crippen LogP contribution in [0.25, 0.3) is 0 Å². The number of ether oxygens (including phenoxy) is 1. The maximum atomic E-state index is 4.25. The predicted molar refractivity (Wildman–Crippen MR) is 61.3 cm³/mol. The Hall–Kier alpha value is -0.340. The van der Waals surface area contributed by atoms with Crippen molar-refractivity contribution in [3.05, 3.63) is 33.3 Å². The number of benzene rings is 1. The summed E-state index contributed by atoms with van der Waals surface area (Å²) < 4.78 is 5.49. The minimum atomic E-state index is 1.24. The van der Waals surface area contributed by atoms with Crippen LogP contribution in [0.15, 0.2) is 16.6 Å². The Balaban J connectivity index is 0.000000424. The molecule has 1 rings (SSSR count). The summed E-state index contributed by atoms with van der Waals surface area (Å²) in [5, 5.41) is 0. The van der Waals surface area contributed by atoms with Crippen molar-refractivity contribution in [3.63, 3.8) is 0 Å². The SMILES string of the molecule is COC.Cc1ccc(C)c(Br)c1C. The van der Waals surface area contributed by atoms with Gasteiger partial charge in [-0.2, -0.15) is 0 Å². The van der Waals surface area contributed by atoms with E-state index in [1.54, 1.807) is 14.2 Å². The van der Waals surface area contributed by atoms with Gasteiger partial charge in [0, 0.05) is 18.7 Å². The summed E-state index contributed by atoms with van der Waals surface area (Å²) >= 11 is 3.53. The van der Waals surface area contributed by atoms with Gasteiger partial charge in [0.05, 0.1) is 0 Å². The average Bonchev–Trinajstić information content (AvgIpc) is 2.10. The fraction of sp³-hybridized carbons (Fsp3) is 0.455. The van der Waals surface area contributed by atoms with Gasteiger partial charge in [0.2, 0.25) is 0 Å². The van der Waals surface area contributed by atoms with E-state index < -0.39 is 0 Å². The van der Waals surface area contributed by atoms with Crippen LogP contribution in [0.1, 0.15) is 16.7 Å². The van der Waals surface area contributed by atoms with Gasteiger partial charge in [-0.1, -0.05) is 28.1 Å². The monoisotopic (exact) mass is 244 g/mol. The molecule has 0 fully saturated rings. The summed E-state index contributed by atoms with van der Waals surface area (Å²) in [6.07, 6.45) is 0. The van der Waals surface area contributed by atoms with Crippen LogP contribution in [0.3, 0.4) is 0 Å². The van der Waals surface area contributed by atoms with E-state index in [2.05, 4.69) is 53.6 Å². The third-order valence-corrected chi connectivity index (χ3v) is 3.07. The molecule has 0 aliphatic carbocycles. The van der Waals surface area contributed by atoms with E-state index in [0.717, 1.165) is 0 Å². The van der Waals surface area contributed by atoms with Gasteiger partial charge < -0.3 is 4.74 Å². The number of hydrogen-bond donors (Lipinski definition) is 0. The third kappa shape index (κ3) is 3.92. The van der Waals surface area contributed by atoms with E-state index in [9.17, 15) is 0 Å². The van der Waals surface area contributed by atoms with Crippen LogP contribution in [-0.2, 0) is 4.74 Å². The van der Waals surface area contributed by atoms with E-state index >= 15 is 0 Å². The molecule has 0 spiro atoms. The average molecular weight is 245 g/mol. The van der Waals surface area contributed by atoms with Crippen LogP contribution < -0.4 is 0 Å². The predicted octanol–water partition coefficient (Wildman–Crippen LogP) is 3.64. The highest BCUT2D eigenvalue weighted by Crippen LogP contribution is 2.22. The zero-order chi connectivity index (χ0) is 10.4. The second-order valence-corrected chi connectivity index (χ2v) is 3.84. The Labute approximate surface area is 89.2 Å². The minimum Gasteiger partial charge on any atom is -0.388 e. The molecule has 0 aromatic heterocycles. The summed E-state index contributed by atoms with van der Waals surface area (Å²) in [4.78, 5) is 0. The summed E-state index contributed by atoms with van der Waals surface area (Å²) in [6, 6.07) is 4.28. The molecule has 0 unspecified atom stereocenters. The molecule has 0 atom stereocenters. The first-order chi connectivity index (χ1) is 6.04. The number of halogens is 1. The van der Waals surface area contributed by atoms with Crippen LogP contribution in [0, 0.1) is 20.8 Å². The molecule has 0 N–H and O–H groups in total. The molecule has 1 aromatic carbocycles. The third-order valence-electron chi connectivity index (χ3n) is 1.85. The highest BCUT2D eigenvalue weighted by molar-refractivity contribution is 9.10. The highest BCUT2D eigenvalue weighted by atomic mass is 79.9. The molecule has 0 bridgehead atoms. The molecular weight excluding hydrogens is 228 g/mol. The van der Waals surface area contributed by atoms with Crippen molar-refractivity contribution in [2.45, 2.75) is 20.8 Å². The zero-order valence-corrected chi connectivity index (χ0v) is 10.5. The van der Waals surface area contributed by atoms with Crippen molar-refractivity contribution in [3.8, 4) is 0 Å². The van der Waals surface area contributed by atoms with E-state index in [1.807, 2.05) is 0 Å². The summed E-state index contributed by atoms with van der Waals surface area (Å²) in [6.45, 7) is 6.36. The van der Waals surface area contributed by atoms with Crippen molar-refractivity contribution in [1.82, 2.24) is 0 Å². The lowest BCUT2D eigenvalue weighted by Crippen LogP contribution is -1.84. The quantitative estimate of drug-likeness (QED) is 0.678. The zero-order valence-electron chi connectivity index (χ0n) is 8.94. The fourth-order valence-corrected chi connectivity index (χ4v) is 1.36. The molecule has 0 aliphatic heterocycles. The highest BCUT2D eigenvalue weighted by Gasteiger charge is 1.99. The molecule has 0 saturated heterocycles. The largest absolute Gasteiger partial charge is 0.388 e. The topological polar surface area (TPSA) is 9.23 Å². The van der Waals surface area contributed by atoms with Gasteiger partial charge >= 0.3 is 0 Å². The second-order valence-electron chi connectivity index (χ2n) is 3.05. The van der Waals surface area contributed by atoms with Crippen LogP contribution in [0.4, 0.5) is 0 Å². The molecular formula is C11H17BrO. The summed E-state index contributed by atoms with van der Waals surface area (Å²) in [5.41, 5.74) is 4.00. The maximum absolute atomic E-state index is 4.25. The van der Waals surface area contributed by atoms with Gasteiger partial charge in [-0.15, -0.1) is 0 Å². The lowest BCUT2D eigenvalue weighted by atomic mass is 10.1. The molecule has 0 aliphatic rings. The van der Waals surface area contributed by atoms with E-state index in [0.29, 0.717) is 0 Å². The molecule has 0 heterocycles. The van der Waals surface area contributed by atoms with Crippen molar-refractivity contribution < 1.29 is 4.74 Å². The van der Waals surface area contributed by atoms with Crippen LogP contribution in [-0.4, -0.2) is 14.2 Å². The van der Waals surface area contributed by atoms with E-state index in [1.165, 1.54) is 21.2 Å². The van der Waals surface area contributed by atoms with Gasteiger partial charge in [0.15, 0.2) is 0 Å². The molecule has 0 saturated carbocycles. The van der Waals surface area contributed by atoms with Crippen molar-refractivity contribution >= 4 is 15.9 Å². The minimum absolute atomic E-state index is 1.24. The number of aryl methyl sites for hydroxylation is 2. The van der Waals surface area contributed by atoms with Gasteiger partial charge in [0.1, 0.15) is 0 Å². The van der Waals surface area contributed by atoms with Gasteiger partial charge in [-0.25, -0.2) is 0 Å². The first-order valence-corrected chi connectivity index (χ1v) is 4.96. The first kappa shape index (κ1) is 12.7. The van der Waals surface area contributed by atoms with Crippen LogP contribution in [0.5, 0.6) is 0 Å². The lowest BCUT2D eigenvalue weighted by molar-refractivity contribution is 0.277. The van der Waals surface area contributed by atoms with Gasteiger partial charge in [0.25, 0.3) is 0 Å². The normalized spacial score (nSPS) is 9.08. The van der Waals surface area contributed by atoms with E-state index in [-0.39, 0.29) is 0 Å². The smallest absolute Gasteiger partial charge is 0.0351 e. The van der Waals surface area contributed by atoms with Crippen molar-refractivity contribution in [2.75, 3.05) is 14.2 Å². The van der Waals surface area contributed by atoms with Crippen LogP contribution >= 0.6 is 15.9 Å². The fourth-order valence-electron chi connectivity index (χ4n) is 0.917. The van der Waals surface area contributed by atoms with E-state index in [4.69, 9.17) is 0 Å². The number of methoxy groups -OCH3 is 1. The molecule has 1 aromatic rings. The number of rotatable bonds is 0. The Bertz CT molecular complexity index is 242. The Kier molecular flexibility index (Phi) is 6.00. The summed E-state index contributed by atoms with van der Waals surface area (Å²) in [7, 11) is 3.25. The summed E-state index contributed by atoms with van der Waals surface area (Å²) in [5.74, 6) is 0. The molecule has 1 nitrogen and oxygen atoms in total. The lowest BCUT2D eigenvalue weighted by Gasteiger charge is -2.04. The Morgan fingerprint density at radius 2 is 1.38 bits per heavy atom. The maximum Gasteiger partial charge on any atom is 0.0351 e.